The number of thiophene rings is 1. The van der Waals surface area contributed by atoms with E-state index < -0.39 is 5.97 Å². The summed E-state index contributed by atoms with van der Waals surface area (Å²) in [5.74, 6) is -0.527. The molecule has 0 bridgehead atoms. The van der Waals surface area contributed by atoms with Gasteiger partial charge in [0.15, 0.2) is 6.20 Å². The Bertz CT molecular complexity index is 873. The fraction of sp³-hybridized carbons (Fsp3) is 0.0667. The van der Waals surface area contributed by atoms with Gasteiger partial charge in [-0.1, -0.05) is 11.6 Å². The van der Waals surface area contributed by atoms with E-state index in [0.717, 1.165) is 11.3 Å². The highest BCUT2D eigenvalue weighted by Gasteiger charge is 2.21. The Morgan fingerprint density at radius 1 is 1.36 bits per heavy atom. The molecule has 0 saturated carbocycles. The molecule has 3 aromatic rings. The number of aromatic nitrogens is 1. The summed E-state index contributed by atoms with van der Waals surface area (Å²) in [7, 11) is 0. The topological polar surface area (TPSA) is 73.5 Å². The van der Waals surface area contributed by atoms with Crippen LogP contribution in [0.3, 0.4) is 0 Å². The number of rotatable bonds is 3. The zero-order valence-corrected chi connectivity index (χ0v) is 12.9. The number of pyridine rings is 1. The molecule has 22 heavy (non-hydrogen) atoms. The summed E-state index contributed by atoms with van der Waals surface area (Å²) in [5, 5.41) is 22.5. The van der Waals surface area contributed by atoms with Crippen LogP contribution in [0.25, 0.3) is 10.1 Å². The molecule has 0 saturated heterocycles. The van der Waals surface area contributed by atoms with Crippen molar-refractivity contribution in [1.29, 1.82) is 0 Å². The highest BCUT2D eigenvalue weighted by Crippen LogP contribution is 2.35. The molecule has 0 spiro atoms. The van der Waals surface area contributed by atoms with Crippen molar-refractivity contribution in [3.63, 3.8) is 0 Å². The van der Waals surface area contributed by atoms with Gasteiger partial charge in [-0.15, -0.1) is 16.1 Å². The summed E-state index contributed by atoms with van der Waals surface area (Å²) < 4.78 is 6.74. The molecule has 0 unspecified atom stereocenters. The van der Waals surface area contributed by atoms with Crippen molar-refractivity contribution in [3.8, 4) is 11.6 Å². The highest BCUT2D eigenvalue weighted by molar-refractivity contribution is 7.21. The maximum atomic E-state index is 12.1. The lowest BCUT2D eigenvalue weighted by Crippen LogP contribution is -2.28. The number of nitrogens with zero attached hydrogens (tertiary/aromatic N) is 1. The molecule has 2 aromatic heterocycles. The van der Waals surface area contributed by atoms with E-state index in [-0.39, 0.29) is 10.8 Å². The van der Waals surface area contributed by atoms with Crippen molar-refractivity contribution < 1.29 is 19.4 Å². The van der Waals surface area contributed by atoms with Gasteiger partial charge >= 0.3 is 11.8 Å². The summed E-state index contributed by atoms with van der Waals surface area (Å²) in [6.07, 6.45) is 1.37. The number of carboxylic acids is 1. The Balaban J connectivity index is 2.15. The molecule has 5 nitrogen and oxygen atoms in total. The van der Waals surface area contributed by atoms with E-state index >= 15 is 0 Å². The number of halogens is 1. The molecule has 0 radical (unpaired) electrons. The van der Waals surface area contributed by atoms with Gasteiger partial charge in [-0.2, -0.15) is 0 Å². The zero-order valence-electron chi connectivity index (χ0n) is 11.4. The zero-order chi connectivity index (χ0) is 15.9. The quantitative estimate of drug-likeness (QED) is 0.580. The van der Waals surface area contributed by atoms with E-state index in [4.69, 9.17) is 21.4 Å². The van der Waals surface area contributed by atoms with Crippen molar-refractivity contribution in [2.75, 3.05) is 0 Å². The number of carbonyl (C=O) groups is 1. The van der Waals surface area contributed by atoms with Crippen LogP contribution >= 0.6 is 22.9 Å². The van der Waals surface area contributed by atoms with Crippen LogP contribution in [-0.4, -0.2) is 11.1 Å². The third-order valence-corrected chi connectivity index (χ3v) is 4.46. The first-order valence-corrected chi connectivity index (χ1v) is 7.48. The van der Waals surface area contributed by atoms with Gasteiger partial charge in [-0.05, 0) is 37.3 Å². The SMILES string of the molecule is Cc1c[n+]([O-])c(Oc2ccc(Cl)cc2)c2sc(C(=O)O)cc12. The smallest absolute Gasteiger partial charge is 0.403 e. The minimum Gasteiger partial charge on any atom is -0.616 e. The largest absolute Gasteiger partial charge is 0.616 e. The van der Waals surface area contributed by atoms with Gasteiger partial charge in [0.2, 0.25) is 0 Å². The van der Waals surface area contributed by atoms with Crippen LogP contribution < -0.4 is 9.47 Å². The fourth-order valence-electron chi connectivity index (χ4n) is 2.06. The predicted molar refractivity (Wildman–Crippen MR) is 84.0 cm³/mol. The van der Waals surface area contributed by atoms with E-state index in [0.29, 0.717) is 31.2 Å². The monoisotopic (exact) mass is 335 g/mol. The third kappa shape index (κ3) is 2.58. The number of aromatic carboxylic acids is 1. The summed E-state index contributed by atoms with van der Waals surface area (Å²) in [6, 6.07) is 8.12. The number of benzene rings is 1. The Kier molecular flexibility index (Phi) is 3.64. The number of aryl methyl sites for hydroxylation is 1. The molecule has 2 heterocycles. The second-order valence-electron chi connectivity index (χ2n) is 4.66. The van der Waals surface area contributed by atoms with Gasteiger partial charge in [0.25, 0.3) is 0 Å². The van der Waals surface area contributed by atoms with Crippen LogP contribution in [0.2, 0.25) is 5.02 Å². The van der Waals surface area contributed by atoms with Gasteiger partial charge in [-0.3, -0.25) is 0 Å². The van der Waals surface area contributed by atoms with Gasteiger partial charge in [0, 0.05) is 16.0 Å². The van der Waals surface area contributed by atoms with Gasteiger partial charge in [-0.25, -0.2) is 4.79 Å². The first-order valence-electron chi connectivity index (χ1n) is 6.28. The Morgan fingerprint density at radius 3 is 2.68 bits per heavy atom. The fourth-order valence-corrected chi connectivity index (χ4v) is 3.22. The first kappa shape index (κ1) is 14.6. The number of fused-ring (bicyclic) bond motifs is 1. The molecule has 112 valence electrons. The molecule has 0 fully saturated rings. The molecule has 7 heteroatoms. The third-order valence-electron chi connectivity index (χ3n) is 3.10. The summed E-state index contributed by atoms with van der Waals surface area (Å²) in [5.41, 5.74) is 0.692. The lowest BCUT2D eigenvalue weighted by Gasteiger charge is -2.08. The minimum atomic E-state index is -1.03. The lowest BCUT2D eigenvalue weighted by molar-refractivity contribution is -0.609. The predicted octanol–water partition coefficient (Wildman–Crippen LogP) is 3.99. The molecule has 0 amide bonds. The van der Waals surface area contributed by atoms with Crippen molar-refractivity contribution in [3.05, 3.63) is 57.2 Å². The summed E-state index contributed by atoms with van der Waals surface area (Å²) >= 11 is 6.83. The molecule has 0 aliphatic heterocycles. The molecule has 0 aliphatic carbocycles. The molecule has 1 aromatic carbocycles. The Labute approximate surface area is 134 Å². The van der Waals surface area contributed by atoms with Crippen molar-refractivity contribution >= 4 is 39.0 Å². The van der Waals surface area contributed by atoms with E-state index in [1.165, 1.54) is 6.20 Å². The molecule has 1 N–H and O–H groups in total. The molecular formula is C15H10ClNO4S. The van der Waals surface area contributed by atoms with Crippen molar-refractivity contribution in [1.82, 2.24) is 0 Å². The van der Waals surface area contributed by atoms with E-state index in [1.54, 1.807) is 37.3 Å². The van der Waals surface area contributed by atoms with Crippen LogP contribution in [0.15, 0.2) is 36.5 Å². The van der Waals surface area contributed by atoms with Crippen LogP contribution in [0, 0.1) is 12.1 Å². The maximum absolute atomic E-state index is 12.1. The number of hydrogen-bond acceptors (Lipinski definition) is 4. The minimum absolute atomic E-state index is 0.0559. The first-order chi connectivity index (χ1) is 10.5. The van der Waals surface area contributed by atoms with E-state index in [9.17, 15) is 10.0 Å². The average Bonchev–Trinajstić information content (AvgIpc) is 2.91. The number of carboxylic acid groups (broad SMARTS) is 1. The summed E-state index contributed by atoms with van der Waals surface area (Å²) in [4.78, 5) is 11.3. The highest BCUT2D eigenvalue weighted by atomic mass is 35.5. The van der Waals surface area contributed by atoms with Crippen LogP contribution in [0.4, 0.5) is 0 Å². The normalized spacial score (nSPS) is 10.8. The van der Waals surface area contributed by atoms with Crippen LogP contribution in [0.1, 0.15) is 15.2 Å². The number of ether oxygens (including phenoxy) is 1. The Morgan fingerprint density at radius 2 is 2.05 bits per heavy atom. The van der Waals surface area contributed by atoms with Gasteiger partial charge in [0.05, 0.1) is 0 Å². The summed E-state index contributed by atoms with van der Waals surface area (Å²) in [6.45, 7) is 1.75. The molecule has 0 atom stereocenters. The number of hydrogen-bond donors (Lipinski definition) is 1. The standard InChI is InChI=1S/C15H10ClNO4S/c1-8-7-17(20)14(21-10-4-2-9(16)3-5-10)13-11(8)6-12(22-13)15(18)19/h2-7H,1H3,(H,18,19). The van der Waals surface area contributed by atoms with Crippen LogP contribution in [-0.2, 0) is 0 Å². The molecule has 0 aliphatic rings. The van der Waals surface area contributed by atoms with Crippen molar-refractivity contribution in [2.24, 2.45) is 0 Å². The Hall–Kier alpha value is -2.31. The van der Waals surface area contributed by atoms with Gasteiger partial charge in [0.1, 0.15) is 15.3 Å². The van der Waals surface area contributed by atoms with Gasteiger partial charge < -0.3 is 15.1 Å². The second kappa shape index (κ2) is 5.47. The molecular weight excluding hydrogens is 326 g/mol. The van der Waals surface area contributed by atoms with Crippen LogP contribution in [0.5, 0.6) is 11.6 Å². The average molecular weight is 336 g/mol. The van der Waals surface area contributed by atoms with Crippen molar-refractivity contribution in [2.45, 2.75) is 6.92 Å². The second-order valence-corrected chi connectivity index (χ2v) is 6.15. The maximum Gasteiger partial charge on any atom is 0.403 e. The van der Waals surface area contributed by atoms with E-state index in [1.807, 2.05) is 0 Å². The van der Waals surface area contributed by atoms with E-state index in [2.05, 4.69) is 0 Å². The lowest BCUT2D eigenvalue weighted by atomic mass is 10.2. The molecule has 3 rings (SSSR count).